The van der Waals surface area contributed by atoms with Crippen LogP contribution in [0.5, 0.6) is 0 Å². The minimum atomic E-state index is -0.568. The van der Waals surface area contributed by atoms with E-state index in [2.05, 4.69) is 11.4 Å². The number of carbonyl (C=O) groups is 2. The second kappa shape index (κ2) is 5.17. The first-order chi connectivity index (χ1) is 9.27. The lowest BCUT2D eigenvalue weighted by Gasteiger charge is -2.24. The molecule has 1 aliphatic carbocycles. The number of likely N-dealkylation sites (tertiary alicyclic amines) is 1. The van der Waals surface area contributed by atoms with E-state index in [9.17, 15) is 14.9 Å². The summed E-state index contributed by atoms with van der Waals surface area (Å²) in [5.41, 5.74) is -1.12. The number of nitrogens with one attached hydrogen (secondary N) is 1. The molecule has 0 bridgehead atoms. The van der Waals surface area contributed by atoms with Crippen molar-refractivity contribution in [3.63, 3.8) is 0 Å². The van der Waals surface area contributed by atoms with Crippen LogP contribution >= 0.6 is 0 Å². The van der Waals surface area contributed by atoms with Crippen LogP contribution in [0.4, 0.5) is 0 Å². The van der Waals surface area contributed by atoms with Crippen LogP contribution in [0.2, 0.25) is 0 Å². The van der Waals surface area contributed by atoms with Crippen molar-refractivity contribution in [2.75, 3.05) is 6.54 Å². The van der Waals surface area contributed by atoms with Crippen LogP contribution in [0.3, 0.4) is 0 Å². The standard InChI is InChI=1S/C15H23N3O2/c1-14(2)9-12(19)18(13(14)20)8-4-7-15(3,10-16)17-11-5-6-11/h11,17H,4-9H2,1-3H3. The van der Waals surface area contributed by atoms with E-state index < -0.39 is 11.0 Å². The normalized spacial score (nSPS) is 24.6. The van der Waals surface area contributed by atoms with Gasteiger partial charge in [0, 0.05) is 19.0 Å². The molecule has 0 aromatic rings. The Kier molecular flexibility index (Phi) is 3.88. The quantitative estimate of drug-likeness (QED) is 0.748. The molecular formula is C15H23N3O2. The third kappa shape index (κ3) is 3.18. The highest BCUT2D eigenvalue weighted by Crippen LogP contribution is 2.32. The lowest BCUT2D eigenvalue weighted by Crippen LogP contribution is -2.43. The molecule has 2 fully saturated rings. The number of nitrogens with zero attached hydrogens (tertiary/aromatic N) is 2. The van der Waals surface area contributed by atoms with E-state index in [-0.39, 0.29) is 11.8 Å². The molecule has 1 heterocycles. The van der Waals surface area contributed by atoms with E-state index >= 15 is 0 Å². The van der Waals surface area contributed by atoms with E-state index in [1.807, 2.05) is 6.92 Å². The lowest BCUT2D eigenvalue weighted by atomic mass is 9.92. The van der Waals surface area contributed by atoms with Gasteiger partial charge in [-0.3, -0.25) is 19.8 Å². The van der Waals surface area contributed by atoms with Crippen molar-refractivity contribution < 1.29 is 9.59 Å². The zero-order valence-corrected chi connectivity index (χ0v) is 12.5. The highest BCUT2D eigenvalue weighted by molar-refractivity contribution is 6.05. The SMILES string of the molecule is CC(C#N)(CCCN1C(=O)CC(C)(C)C1=O)NC1CC1. The minimum absolute atomic E-state index is 0.0867. The van der Waals surface area contributed by atoms with Gasteiger partial charge in [0.2, 0.25) is 11.8 Å². The van der Waals surface area contributed by atoms with Gasteiger partial charge in [0.25, 0.3) is 0 Å². The van der Waals surface area contributed by atoms with Crippen LogP contribution in [0.25, 0.3) is 0 Å². The van der Waals surface area contributed by atoms with Gasteiger partial charge in [0.05, 0.1) is 11.5 Å². The minimum Gasteiger partial charge on any atom is -0.297 e. The topological polar surface area (TPSA) is 73.2 Å². The Hall–Kier alpha value is -1.41. The number of hydrogen-bond donors (Lipinski definition) is 1. The predicted octanol–water partition coefficient (Wildman–Crippen LogP) is 1.59. The van der Waals surface area contributed by atoms with Gasteiger partial charge >= 0.3 is 0 Å². The first-order valence-electron chi connectivity index (χ1n) is 7.31. The number of hydrogen-bond acceptors (Lipinski definition) is 4. The van der Waals surface area contributed by atoms with E-state index in [1.54, 1.807) is 13.8 Å². The third-order valence-corrected chi connectivity index (χ3v) is 4.12. The number of imide groups is 1. The van der Waals surface area contributed by atoms with Gasteiger partial charge in [-0.15, -0.1) is 0 Å². The van der Waals surface area contributed by atoms with Crippen molar-refractivity contribution in [3.8, 4) is 6.07 Å². The fraction of sp³-hybridized carbons (Fsp3) is 0.800. The maximum Gasteiger partial charge on any atom is 0.235 e. The molecule has 0 aromatic heterocycles. The molecule has 0 radical (unpaired) electrons. The van der Waals surface area contributed by atoms with E-state index in [0.29, 0.717) is 31.8 Å². The van der Waals surface area contributed by atoms with Crippen molar-refractivity contribution in [1.82, 2.24) is 10.2 Å². The molecule has 0 spiro atoms. The maximum atomic E-state index is 12.1. The van der Waals surface area contributed by atoms with Gasteiger partial charge in [0.15, 0.2) is 0 Å². The molecule has 1 atom stereocenters. The summed E-state index contributed by atoms with van der Waals surface area (Å²) in [5, 5.41) is 12.6. The summed E-state index contributed by atoms with van der Waals surface area (Å²) < 4.78 is 0. The van der Waals surface area contributed by atoms with Crippen molar-refractivity contribution in [2.24, 2.45) is 5.41 Å². The summed E-state index contributed by atoms with van der Waals surface area (Å²) in [4.78, 5) is 25.3. The first-order valence-corrected chi connectivity index (χ1v) is 7.31. The van der Waals surface area contributed by atoms with Gasteiger partial charge in [-0.05, 0) is 32.6 Å². The van der Waals surface area contributed by atoms with Gasteiger partial charge < -0.3 is 0 Å². The molecule has 1 aliphatic heterocycles. The molecular weight excluding hydrogens is 254 g/mol. The van der Waals surface area contributed by atoms with Gasteiger partial charge in [-0.2, -0.15) is 5.26 Å². The van der Waals surface area contributed by atoms with Crippen LogP contribution in [-0.4, -0.2) is 34.8 Å². The number of carbonyl (C=O) groups excluding carboxylic acids is 2. The van der Waals surface area contributed by atoms with Crippen molar-refractivity contribution in [1.29, 1.82) is 5.26 Å². The predicted molar refractivity (Wildman–Crippen MR) is 74.5 cm³/mol. The molecule has 20 heavy (non-hydrogen) atoms. The van der Waals surface area contributed by atoms with Gasteiger partial charge in [0.1, 0.15) is 5.54 Å². The molecule has 110 valence electrons. The Morgan fingerprint density at radius 2 is 2.10 bits per heavy atom. The summed E-state index contributed by atoms with van der Waals surface area (Å²) >= 11 is 0. The summed E-state index contributed by atoms with van der Waals surface area (Å²) in [5.74, 6) is -0.176. The average molecular weight is 277 g/mol. The largest absolute Gasteiger partial charge is 0.297 e. The molecule has 2 amide bonds. The van der Waals surface area contributed by atoms with Gasteiger partial charge in [-0.1, -0.05) is 13.8 Å². The van der Waals surface area contributed by atoms with Crippen molar-refractivity contribution in [2.45, 2.75) is 64.5 Å². The number of rotatable bonds is 6. The van der Waals surface area contributed by atoms with Crippen LogP contribution in [0.1, 0.15) is 52.9 Å². The summed E-state index contributed by atoms with van der Waals surface area (Å²) in [6, 6.07) is 2.78. The molecule has 1 saturated carbocycles. The fourth-order valence-corrected chi connectivity index (χ4v) is 2.68. The summed E-state index contributed by atoms with van der Waals surface area (Å²) in [6.45, 7) is 5.93. The Balaban J connectivity index is 1.85. The Labute approximate surface area is 120 Å². The van der Waals surface area contributed by atoms with Crippen LogP contribution in [0.15, 0.2) is 0 Å². The average Bonchev–Trinajstić information content (AvgIpc) is 3.13. The van der Waals surface area contributed by atoms with Crippen molar-refractivity contribution in [3.05, 3.63) is 0 Å². The molecule has 2 rings (SSSR count). The molecule has 0 aromatic carbocycles. The number of nitriles is 1. The summed E-state index contributed by atoms with van der Waals surface area (Å²) in [6.07, 6.45) is 3.87. The molecule has 1 N–H and O–H groups in total. The zero-order chi connectivity index (χ0) is 15.0. The highest BCUT2D eigenvalue weighted by atomic mass is 16.2. The smallest absolute Gasteiger partial charge is 0.235 e. The molecule has 1 unspecified atom stereocenters. The maximum absolute atomic E-state index is 12.1. The monoisotopic (exact) mass is 277 g/mol. The van der Waals surface area contributed by atoms with Gasteiger partial charge in [-0.25, -0.2) is 0 Å². The van der Waals surface area contributed by atoms with Crippen molar-refractivity contribution >= 4 is 11.8 Å². The van der Waals surface area contributed by atoms with Crippen LogP contribution in [-0.2, 0) is 9.59 Å². The highest BCUT2D eigenvalue weighted by Gasteiger charge is 2.44. The fourth-order valence-electron chi connectivity index (χ4n) is 2.68. The van der Waals surface area contributed by atoms with E-state index in [1.165, 1.54) is 4.90 Å². The molecule has 5 nitrogen and oxygen atoms in total. The van der Waals surface area contributed by atoms with E-state index in [0.717, 1.165) is 12.8 Å². The molecule has 5 heteroatoms. The Morgan fingerprint density at radius 3 is 2.55 bits per heavy atom. The first kappa shape index (κ1) is 15.0. The second-order valence-electron chi connectivity index (χ2n) is 6.88. The third-order valence-electron chi connectivity index (χ3n) is 4.12. The molecule has 1 saturated heterocycles. The summed E-state index contributed by atoms with van der Waals surface area (Å²) in [7, 11) is 0. The number of amides is 2. The Bertz CT molecular complexity index is 462. The Morgan fingerprint density at radius 1 is 1.45 bits per heavy atom. The molecule has 2 aliphatic rings. The van der Waals surface area contributed by atoms with E-state index in [4.69, 9.17) is 0 Å². The van der Waals surface area contributed by atoms with Crippen LogP contribution in [0, 0.1) is 16.7 Å². The second-order valence-corrected chi connectivity index (χ2v) is 6.88. The lowest BCUT2D eigenvalue weighted by molar-refractivity contribution is -0.140. The zero-order valence-electron chi connectivity index (χ0n) is 12.5. The van der Waals surface area contributed by atoms with Crippen LogP contribution < -0.4 is 5.32 Å².